The van der Waals surface area contributed by atoms with E-state index in [1.165, 1.54) is 7.11 Å². The van der Waals surface area contributed by atoms with Crippen molar-refractivity contribution in [2.75, 3.05) is 26.0 Å². The molecule has 1 aromatic carbocycles. The number of rotatable bonds is 11. The third-order valence-electron chi connectivity index (χ3n) is 6.11. The number of halogens is 1. The Kier molecular flexibility index (Phi) is 10.1. The fourth-order valence-corrected chi connectivity index (χ4v) is 4.90. The van der Waals surface area contributed by atoms with Crippen LogP contribution < -0.4 is 9.46 Å². The van der Waals surface area contributed by atoms with Crippen molar-refractivity contribution in [3.05, 3.63) is 53.6 Å². The van der Waals surface area contributed by atoms with E-state index in [9.17, 15) is 23.7 Å². The van der Waals surface area contributed by atoms with Gasteiger partial charge in [-0.3, -0.25) is 0 Å². The van der Waals surface area contributed by atoms with Gasteiger partial charge in [-0.2, -0.15) is 0 Å². The number of methoxy groups -OCH3 is 1. The first kappa shape index (κ1) is 28.1. The van der Waals surface area contributed by atoms with Gasteiger partial charge in [0.25, 0.3) is 0 Å². The molecule has 1 saturated heterocycles. The Hall–Kier alpha value is -1.50. The molecular weight excluding hydrogens is 498 g/mol. The molecule has 0 amide bonds. The standard InChI is InChI=1S/C24H34ClNO8S/c1-3-35(30,31)26-11-4-12-33-18-8-5-15(6-9-18)13-17-14-16(7-10-19(17)25)23-21(28)20(27)22(29)24(32-2)34-23/h5-10,14,17,19-24,26-29H,3-4,11-13H2,1-2H3. The van der Waals surface area contributed by atoms with Gasteiger partial charge in [0.1, 0.15) is 30.2 Å². The van der Waals surface area contributed by atoms with E-state index in [1.807, 2.05) is 36.4 Å². The lowest BCUT2D eigenvalue weighted by Gasteiger charge is -2.41. The number of sulfonamides is 1. The first-order chi connectivity index (χ1) is 16.6. The zero-order valence-electron chi connectivity index (χ0n) is 19.8. The molecular formula is C24H34ClNO8S. The summed E-state index contributed by atoms with van der Waals surface area (Å²) in [6, 6.07) is 7.59. The van der Waals surface area contributed by atoms with Crippen LogP contribution in [0.25, 0.3) is 0 Å². The molecule has 0 radical (unpaired) electrons. The average molecular weight is 532 g/mol. The molecule has 7 unspecified atom stereocenters. The van der Waals surface area contributed by atoms with Gasteiger partial charge in [0, 0.05) is 19.6 Å². The summed E-state index contributed by atoms with van der Waals surface area (Å²) >= 11 is 6.53. The van der Waals surface area contributed by atoms with Gasteiger partial charge in [0.2, 0.25) is 10.0 Å². The monoisotopic (exact) mass is 531 g/mol. The fourth-order valence-electron chi connectivity index (χ4n) is 4.01. The number of aliphatic hydroxyl groups is 3. The van der Waals surface area contributed by atoms with Crippen molar-refractivity contribution < 1.29 is 37.9 Å². The third kappa shape index (κ3) is 7.50. The predicted molar refractivity (Wildman–Crippen MR) is 132 cm³/mol. The van der Waals surface area contributed by atoms with Crippen LogP contribution in [0.4, 0.5) is 0 Å². The van der Waals surface area contributed by atoms with E-state index in [4.69, 9.17) is 25.8 Å². The number of benzene rings is 1. The van der Waals surface area contributed by atoms with Crippen LogP contribution in [0.1, 0.15) is 18.9 Å². The Labute approximate surface area is 211 Å². The zero-order valence-corrected chi connectivity index (χ0v) is 21.4. The van der Waals surface area contributed by atoms with Crippen LogP contribution in [0.2, 0.25) is 0 Å². The van der Waals surface area contributed by atoms with Crippen LogP contribution in [-0.4, -0.2) is 85.8 Å². The van der Waals surface area contributed by atoms with Gasteiger partial charge in [-0.15, -0.1) is 11.6 Å². The van der Waals surface area contributed by atoms with Gasteiger partial charge < -0.3 is 29.5 Å². The van der Waals surface area contributed by atoms with E-state index in [1.54, 1.807) is 13.0 Å². The first-order valence-electron chi connectivity index (χ1n) is 11.6. The maximum absolute atomic E-state index is 11.4. The van der Waals surface area contributed by atoms with Crippen molar-refractivity contribution in [2.45, 2.75) is 55.8 Å². The Morgan fingerprint density at radius 1 is 1.11 bits per heavy atom. The second kappa shape index (κ2) is 12.6. The predicted octanol–water partition coefficient (Wildman–Crippen LogP) is 1.11. The Morgan fingerprint density at radius 3 is 2.49 bits per heavy atom. The smallest absolute Gasteiger partial charge is 0.211 e. The molecule has 0 bridgehead atoms. The molecule has 0 saturated carbocycles. The molecule has 1 heterocycles. The summed E-state index contributed by atoms with van der Waals surface area (Å²) in [6.07, 6.45) is 0.704. The summed E-state index contributed by atoms with van der Waals surface area (Å²) in [6.45, 7) is 2.31. The number of hydrogen-bond acceptors (Lipinski definition) is 8. The first-order valence-corrected chi connectivity index (χ1v) is 13.7. The summed E-state index contributed by atoms with van der Waals surface area (Å²) in [5.41, 5.74) is 1.69. The second-order valence-corrected chi connectivity index (χ2v) is 11.2. The van der Waals surface area contributed by atoms with E-state index < -0.39 is 40.7 Å². The van der Waals surface area contributed by atoms with Crippen molar-refractivity contribution >= 4 is 21.6 Å². The quantitative estimate of drug-likeness (QED) is 0.246. The zero-order chi connectivity index (χ0) is 25.6. The van der Waals surface area contributed by atoms with Crippen molar-refractivity contribution in [3.63, 3.8) is 0 Å². The number of allylic oxidation sites excluding steroid dienone is 2. The molecule has 0 aromatic heterocycles. The topological polar surface area (TPSA) is 135 Å². The number of nitrogens with one attached hydrogen (secondary N) is 1. The van der Waals surface area contributed by atoms with Gasteiger partial charge in [-0.1, -0.05) is 30.4 Å². The maximum atomic E-state index is 11.4. The Bertz CT molecular complexity index is 982. The largest absolute Gasteiger partial charge is 0.494 e. The van der Waals surface area contributed by atoms with Crippen LogP contribution >= 0.6 is 11.6 Å². The van der Waals surface area contributed by atoms with Crippen LogP contribution in [0.5, 0.6) is 5.75 Å². The van der Waals surface area contributed by atoms with Gasteiger partial charge >= 0.3 is 0 Å². The molecule has 0 spiro atoms. The van der Waals surface area contributed by atoms with Crippen molar-refractivity contribution in [3.8, 4) is 5.75 Å². The van der Waals surface area contributed by atoms with E-state index in [-0.39, 0.29) is 17.0 Å². The number of alkyl halides is 1. The number of aliphatic hydroxyl groups excluding tert-OH is 3. The molecule has 11 heteroatoms. The normalized spacial score (nSPS) is 31.3. The van der Waals surface area contributed by atoms with Gasteiger partial charge in [-0.25, -0.2) is 13.1 Å². The molecule has 2 aliphatic rings. The van der Waals surface area contributed by atoms with Crippen molar-refractivity contribution in [1.82, 2.24) is 4.72 Å². The van der Waals surface area contributed by atoms with Crippen molar-refractivity contribution in [2.24, 2.45) is 5.92 Å². The molecule has 1 aliphatic heterocycles. The Balaban J connectivity index is 1.57. The average Bonchev–Trinajstić information content (AvgIpc) is 2.85. The van der Waals surface area contributed by atoms with Gasteiger partial charge in [0.15, 0.2) is 6.29 Å². The molecule has 3 rings (SSSR count). The summed E-state index contributed by atoms with van der Waals surface area (Å²) < 4.78 is 41.8. The van der Waals surface area contributed by atoms with E-state index in [0.29, 0.717) is 37.3 Å². The highest BCUT2D eigenvalue weighted by Crippen LogP contribution is 2.33. The molecule has 7 atom stereocenters. The molecule has 35 heavy (non-hydrogen) atoms. The molecule has 9 nitrogen and oxygen atoms in total. The van der Waals surface area contributed by atoms with E-state index in [2.05, 4.69) is 4.72 Å². The SMILES string of the molecule is CCS(=O)(=O)NCCCOc1ccc(CC2C=C(C3OC(OC)C(O)C(O)C3O)C=CC2Cl)cc1. The van der Waals surface area contributed by atoms with Crippen LogP contribution in [0.15, 0.2) is 48.1 Å². The number of ether oxygens (including phenoxy) is 3. The molecule has 1 aromatic rings. The van der Waals surface area contributed by atoms with Crippen LogP contribution in [0, 0.1) is 5.92 Å². The summed E-state index contributed by atoms with van der Waals surface area (Å²) in [5, 5.41) is 30.4. The minimum atomic E-state index is -3.19. The second-order valence-electron chi connectivity index (χ2n) is 8.61. The van der Waals surface area contributed by atoms with Gasteiger partial charge in [0.05, 0.1) is 17.7 Å². The lowest BCUT2D eigenvalue weighted by molar-refractivity contribution is -0.281. The molecule has 196 valence electrons. The Morgan fingerprint density at radius 2 is 1.83 bits per heavy atom. The maximum Gasteiger partial charge on any atom is 0.211 e. The highest BCUT2D eigenvalue weighted by atomic mass is 35.5. The fraction of sp³-hybridized carbons (Fsp3) is 0.583. The minimum Gasteiger partial charge on any atom is -0.494 e. The highest BCUT2D eigenvalue weighted by Gasteiger charge is 2.45. The van der Waals surface area contributed by atoms with Crippen molar-refractivity contribution in [1.29, 1.82) is 0 Å². The third-order valence-corrected chi connectivity index (χ3v) is 7.98. The summed E-state index contributed by atoms with van der Waals surface area (Å²) in [7, 11) is -1.83. The highest BCUT2D eigenvalue weighted by molar-refractivity contribution is 7.89. The van der Waals surface area contributed by atoms with E-state index in [0.717, 1.165) is 5.56 Å². The summed E-state index contributed by atoms with van der Waals surface area (Å²) in [5.74, 6) is 0.654. The minimum absolute atomic E-state index is 0.0545. The molecule has 4 N–H and O–H groups in total. The summed E-state index contributed by atoms with van der Waals surface area (Å²) in [4.78, 5) is 0. The van der Waals surface area contributed by atoms with Gasteiger partial charge in [-0.05, 0) is 43.0 Å². The van der Waals surface area contributed by atoms with Crippen LogP contribution in [0.3, 0.4) is 0 Å². The number of hydrogen-bond donors (Lipinski definition) is 4. The van der Waals surface area contributed by atoms with E-state index >= 15 is 0 Å². The molecule has 1 fully saturated rings. The lowest BCUT2D eigenvalue weighted by Crippen LogP contribution is -2.58. The van der Waals surface area contributed by atoms with Crippen LogP contribution in [-0.2, 0) is 25.9 Å². The lowest BCUT2D eigenvalue weighted by atomic mass is 9.85. The molecule has 1 aliphatic carbocycles.